The van der Waals surface area contributed by atoms with Gasteiger partial charge in [-0.1, -0.05) is 0 Å². The monoisotopic (exact) mass is 178 g/mol. The molecule has 13 heavy (non-hydrogen) atoms. The van der Waals surface area contributed by atoms with Crippen LogP contribution in [0.1, 0.15) is 22.8 Å². The van der Waals surface area contributed by atoms with Crippen molar-refractivity contribution in [3.63, 3.8) is 0 Å². The minimum atomic E-state index is 0.795. The first kappa shape index (κ1) is 8.63. The number of hydrogen-bond acceptors (Lipinski definition) is 3. The molecule has 0 unspecified atom stereocenters. The van der Waals surface area contributed by atoms with Gasteiger partial charge in [0.1, 0.15) is 5.82 Å². The molecule has 1 aromatic rings. The molecule has 0 aliphatic carbocycles. The second-order valence-electron chi connectivity index (χ2n) is 3.39. The van der Waals surface area contributed by atoms with E-state index in [9.17, 15) is 0 Å². The predicted molar refractivity (Wildman–Crippen MR) is 49.7 cm³/mol. The minimum Gasteiger partial charge on any atom is -0.381 e. The Balaban J connectivity index is 2.47. The van der Waals surface area contributed by atoms with Crippen LogP contribution >= 0.6 is 0 Å². The molecule has 1 aliphatic heterocycles. The first-order valence-corrected chi connectivity index (χ1v) is 4.68. The number of fused-ring (bicyclic) bond motifs is 1. The summed E-state index contributed by atoms with van der Waals surface area (Å²) in [7, 11) is 0. The summed E-state index contributed by atoms with van der Waals surface area (Å²) in [6.07, 6.45) is 1.89. The lowest BCUT2D eigenvalue weighted by Gasteiger charge is -2.07. The van der Waals surface area contributed by atoms with Gasteiger partial charge in [-0.3, -0.25) is 0 Å². The first-order valence-electron chi connectivity index (χ1n) is 4.68. The van der Waals surface area contributed by atoms with Crippen LogP contribution in [0.3, 0.4) is 0 Å². The zero-order chi connectivity index (χ0) is 9.26. The van der Waals surface area contributed by atoms with Gasteiger partial charge in [0.25, 0.3) is 0 Å². The van der Waals surface area contributed by atoms with E-state index in [-0.39, 0.29) is 0 Å². The van der Waals surface area contributed by atoms with Crippen molar-refractivity contribution in [1.29, 1.82) is 0 Å². The van der Waals surface area contributed by atoms with Crippen molar-refractivity contribution in [3.8, 4) is 0 Å². The second kappa shape index (κ2) is 3.42. The Morgan fingerprint density at radius 1 is 1.08 bits per heavy atom. The highest BCUT2D eigenvalue weighted by molar-refractivity contribution is 5.26. The maximum atomic E-state index is 5.40. The quantitative estimate of drug-likeness (QED) is 0.599. The van der Waals surface area contributed by atoms with Crippen molar-refractivity contribution in [2.24, 2.45) is 0 Å². The molecule has 0 saturated carbocycles. The standard InChI is InChI=1S/C10H14N2O/c1-7-9-3-5-13-6-4-10(9)12-8(2)11-7/h3-6H2,1-2H3. The van der Waals surface area contributed by atoms with Gasteiger partial charge in [0.2, 0.25) is 0 Å². The zero-order valence-electron chi connectivity index (χ0n) is 8.13. The van der Waals surface area contributed by atoms with Crippen LogP contribution in [0.25, 0.3) is 0 Å². The van der Waals surface area contributed by atoms with E-state index < -0.39 is 0 Å². The fraction of sp³-hybridized carbons (Fsp3) is 0.600. The van der Waals surface area contributed by atoms with E-state index in [0.717, 1.165) is 37.6 Å². The third kappa shape index (κ3) is 1.70. The molecule has 0 N–H and O–H groups in total. The van der Waals surface area contributed by atoms with Gasteiger partial charge < -0.3 is 4.74 Å². The third-order valence-corrected chi connectivity index (χ3v) is 2.39. The summed E-state index contributed by atoms with van der Waals surface area (Å²) in [6, 6.07) is 0. The van der Waals surface area contributed by atoms with Crippen molar-refractivity contribution in [3.05, 3.63) is 22.8 Å². The third-order valence-electron chi connectivity index (χ3n) is 2.39. The van der Waals surface area contributed by atoms with Crippen molar-refractivity contribution in [2.45, 2.75) is 26.7 Å². The lowest BCUT2D eigenvalue weighted by atomic mass is 10.1. The first-order chi connectivity index (χ1) is 6.27. The molecular weight excluding hydrogens is 164 g/mol. The van der Waals surface area contributed by atoms with Crippen molar-refractivity contribution >= 4 is 0 Å². The number of aryl methyl sites for hydroxylation is 2. The van der Waals surface area contributed by atoms with Gasteiger partial charge in [-0.2, -0.15) is 0 Å². The predicted octanol–water partition coefficient (Wildman–Crippen LogP) is 1.21. The molecule has 0 saturated heterocycles. The number of nitrogens with zero attached hydrogens (tertiary/aromatic N) is 2. The molecule has 3 heteroatoms. The van der Waals surface area contributed by atoms with Crippen LogP contribution in [-0.2, 0) is 17.6 Å². The van der Waals surface area contributed by atoms with Crippen LogP contribution in [0, 0.1) is 13.8 Å². The molecule has 0 spiro atoms. The Bertz CT molecular complexity index is 323. The fourth-order valence-corrected chi connectivity index (χ4v) is 1.78. The van der Waals surface area contributed by atoms with Gasteiger partial charge in [-0.15, -0.1) is 0 Å². The lowest BCUT2D eigenvalue weighted by Crippen LogP contribution is -2.05. The van der Waals surface area contributed by atoms with Crippen LogP contribution < -0.4 is 0 Å². The van der Waals surface area contributed by atoms with Crippen LogP contribution in [0.5, 0.6) is 0 Å². The largest absolute Gasteiger partial charge is 0.381 e. The number of ether oxygens (including phenoxy) is 1. The summed E-state index contributed by atoms with van der Waals surface area (Å²) in [6.45, 7) is 5.60. The van der Waals surface area contributed by atoms with E-state index in [1.165, 1.54) is 11.3 Å². The van der Waals surface area contributed by atoms with Crippen LogP contribution in [-0.4, -0.2) is 23.2 Å². The summed E-state index contributed by atoms with van der Waals surface area (Å²) in [5.74, 6) is 0.873. The lowest BCUT2D eigenvalue weighted by molar-refractivity contribution is 0.146. The van der Waals surface area contributed by atoms with Crippen molar-refractivity contribution in [1.82, 2.24) is 9.97 Å². The molecule has 2 rings (SSSR count). The normalized spacial score (nSPS) is 16.5. The van der Waals surface area contributed by atoms with E-state index in [2.05, 4.69) is 16.9 Å². The molecule has 1 aliphatic rings. The molecule has 2 heterocycles. The Morgan fingerprint density at radius 3 is 2.69 bits per heavy atom. The molecule has 0 radical (unpaired) electrons. The number of aromatic nitrogens is 2. The van der Waals surface area contributed by atoms with E-state index >= 15 is 0 Å². The molecular formula is C10H14N2O. The van der Waals surface area contributed by atoms with Gasteiger partial charge in [-0.05, 0) is 25.8 Å². The van der Waals surface area contributed by atoms with Gasteiger partial charge in [-0.25, -0.2) is 9.97 Å². The molecule has 0 aromatic carbocycles. The SMILES string of the molecule is Cc1nc(C)c2c(n1)CCOCC2. The molecule has 0 atom stereocenters. The summed E-state index contributed by atoms with van der Waals surface area (Å²) in [4.78, 5) is 8.81. The number of hydrogen-bond donors (Lipinski definition) is 0. The van der Waals surface area contributed by atoms with Crippen LogP contribution in [0.4, 0.5) is 0 Å². The van der Waals surface area contributed by atoms with Gasteiger partial charge in [0, 0.05) is 17.8 Å². The molecule has 0 bridgehead atoms. The molecule has 3 nitrogen and oxygen atoms in total. The van der Waals surface area contributed by atoms with Crippen molar-refractivity contribution < 1.29 is 4.74 Å². The summed E-state index contributed by atoms with van der Waals surface area (Å²) in [5, 5.41) is 0. The average Bonchev–Trinajstić information content (AvgIpc) is 2.28. The highest BCUT2D eigenvalue weighted by Crippen LogP contribution is 2.15. The highest BCUT2D eigenvalue weighted by atomic mass is 16.5. The Morgan fingerprint density at radius 2 is 1.85 bits per heavy atom. The zero-order valence-corrected chi connectivity index (χ0v) is 8.13. The second-order valence-corrected chi connectivity index (χ2v) is 3.39. The van der Waals surface area contributed by atoms with E-state index in [1.807, 2.05) is 6.92 Å². The fourth-order valence-electron chi connectivity index (χ4n) is 1.78. The smallest absolute Gasteiger partial charge is 0.125 e. The topological polar surface area (TPSA) is 35.0 Å². The van der Waals surface area contributed by atoms with Crippen molar-refractivity contribution in [2.75, 3.05) is 13.2 Å². The average molecular weight is 178 g/mol. The molecule has 0 amide bonds. The summed E-state index contributed by atoms with van der Waals surface area (Å²) < 4.78 is 5.40. The molecule has 0 fully saturated rings. The molecule has 70 valence electrons. The summed E-state index contributed by atoms with van der Waals surface area (Å²) in [5.41, 5.74) is 3.60. The van der Waals surface area contributed by atoms with Crippen LogP contribution in [0.2, 0.25) is 0 Å². The van der Waals surface area contributed by atoms with Gasteiger partial charge >= 0.3 is 0 Å². The Kier molecular flexibility index (Phi) is 2.27. The molecule has 1 aromatic heterocycles. The van der Waals surface area contributed by atoms with E-state index in [4.69, 9.17) is 4.74 Å². The Labute approximate surface area is 78.2 Å². The Hall–Kier alpha value is -0.960. The van der Waals surface area contributed by atoms with Gasteiger partial charge in [0.15, 0.2) is 0 Å². The van der Waals surface area contributed by atoms with Gasteiger partial charge in [0.05, 0.1) is 13.2 Å². The summed E-state index contributed by atoms with van der Waals surface area (Å²) >= 11 is 0. The minimum absolute atomic E-state index is 0.795. The maximum Gasteiger partial charge on any atom is 0.125 e. The van der Waals surface area contributed by atoms with Crippen LogP contribution in [0.15, 0.2) is 0 Å². The van der Waals surface area contributed by atoms with E-state index in [0.29, 0.717) is 0 Å². The maximum absolute atomic E-state index is 5.40. The van der Waals surface area contributed by atoms with E-state index in [1.54, 1.807) is 0 Å². The number of rotatable bonds is 0. The highest BCUT2D eigenvalue weighted by Gasteiger charge is 2.12.